The second-order valence-corrected chi connectivity index (χ2v) is 18.6. The smallest absolute Gasteiger partial charge is 0.243 e. The molecule has 2 aliphatic rings. The number of nitrogens with zero attached hydrogens (tertiary/aromatic N) is 2. The number of rotatable bonds is 23. The Balaban J connectivity index is 1.12. The molecule has 0 radical (unpaired) electrons. The normalized spacial score (nSPS) is 16.8. The van der Waals surface area contributed by atoms with E-state index >= 15 is 0 Å². The van der Waals surface area contributed by atoms with Crippen molar-refractivity contribution >= 4 is 57.8 Å². The third-order valence-electron chi connectivity index (χ3n) is 13.3. The van der Waals surface area contributed by atoms with Crippen LogP contribution in [0.5, 0.6) is 11.5 Å². The van der Waals surface area contributed by atoms with E-state index in [1.807, 2.05) is 78.9 Å². The molecule has 388 valence electrons. The minimum absolute atomic E-state index is 0.0117. The number of carbonyl (C=O) groups excluding carboxylic acids is 5. The zero-order valence-corrected chi connectivity index (χ0v) is 41.6. The number of nitrogens with one attached hydrogen (secondary N) is 6. The van der Waals surface area contributed by atoms with Gasteiger partial charge in [-0.1, -0.05) is 48.9 Å². The molecule has 5 atom stereocenters. The zero-order chi connectivity index (χ0) is 51.7. The first kappa shape index (κ1) is 53.2. The van der Waals surface area contributed by atoms with Gasteiger partial charge in [-0.25, -0.2) is 0 Å². The average molecular weight is 1000 g/mol. The Morgan fingerprint density at radius 1 is 0.808 bits per heavy atom. The third kappa shape index (κ3) is 15.2. The number of H-pyrrole nitrogens is 1. The SMILES string of the molecule is COc1ccc2[nH]cc(C[C@H](NC(=O)[C@H]3CCC[C@H](N)C3)C(=O)NC(Cc3ccc(-c4ccccc4OC)cc3)C(=O)N[C@@H](CCCCN=C(N)N)C(=O)NCC(=O)Nc3ccc(N4CCOCC4)cc3)c2c1. The molecule has 0 spiro atoms. The first-order valence-corrected chi connectivity index (χ1v) is 25.0. The number of amides is 5. The maximum atomic E-state index is 14.8. The van der Waals surface area contributed by atoms with Crippen LogP contribution < -0.4 is 58.2 Å². The highest BCUT2D eigenvalue weighted by atomic mass is 16.5. The number of unbranched alkanes of at least 4 members (excludes halogenated alkanes) is 1. The van der Waals surface area contributed by atoms with Crippen molar-refractivity contribution in [2.45, 2.75) is 82.0 Å². The summed E-state index contributed by atoms with van der Waals surface area (Å²) in [5.41, 5.74) is 23.0. The predicted octanol–water partition coefficient (Wildman–Crippen LogP) is 3.64. The van der Waals surface area contributed by atoms with Gasteiger partial charge < -0.3 is 67.9 Å². The molecule has 19 nitrogen and oxygen atoms in total. The van der Waals surface area contributed by atoms with Crippen molar-refractivity contribution in [3.63, 3.8) is 0 Å². The number of guanidine groups is 1. The van der Waals surface area contributed by atoms with Crippen LogP contribution in [0.3, 0.4) is 0 Å². The van der Waals surface area contributed by atoms with Crippen LogP contribution >= 0.6 is 0 Å². The highest BCUT2D eigenvalue weighted by Gasteiger charge is 2.33. The summed E-state index contributed by atoms with van der Waals surface area (Å²) in [4.78, 5) is 80.3. The van der Waals surface area contributed by atoms with E-state index in [4.69, 9.17) is 31.4 Å². The Bertz CT molecular complexity index is 2680. The van der Waals surface area contributed by atoms with Crippen LogP contribution in [0.1, 0.15) is 56.1 Å². The largest absolute Gasteiger partial charge is 0.497 e. The van der Waals surface area contributed by atoms with E-state index in [2.05, 4.69) is 41.5 Å². The molecule has 1 aromatic heterocycles. The zero-order valence-electron chi connectivity index (χ0n) is 41.6. The second kappa shape index (κ2) is 26.2. The Kier molecular flexibility index (Phi) is 19.1. The number of benzene rings is 4. The number of hydrogen-bond acceptors (Lipinski definition) is 11. The van der Waals surface area contributed by atoms with Crippen molar-refractivity contribution in [3.8, 4) is 22.6 Å². The molecule has 5 amide bonds. The molecule has 12 N–H and O–H groups in total. The molecule has 73 heavy (non-hydrogen) atoms. The number of hydrogen-bond donors (Lipinski definition) is 9. The molecule has 1 aliphatic heterocycles. The topological polar surface area (TPSA) is 283 Å². The monoisotopic (exact) mass is 1000 g/mol. The number of morpholine rings is 1. The van der Waals surface area contributed by atoms with Gasteiger partial charge in [-0.05, 0) is 104 Å². The minimum atomic E-state index is -1.24. The van der Waals surface area contributed by atoms with Crippen molar-refractivity contribution in [2.24, 2.45) is 28.1 Å². The van der Waals surface area contributed by atoms with Crippen LogP contribution in [0.4, 0.5) is 11.4 Å². The molecular formula is C54H69N11O8. The van der Waals surface area contributed by atoms with Crippen molar-refractivity contribution in [2.75, 3.05) is 63.8 Å². The molecule has 1 aliphatic carbocycles. The van der Waals surface area contributed by atoms with Gasteiger partial charge in [0, 0.05) is 78.5 Å². The van der Waals surface area contributed by atoms with E-state index in [9.17, 15) is 24.0 Å². The lowest BCUT2D eigenvalue weighted by atomic mass is 9.85. The first-order chi connectivity index (χ1) is 35.4. The van der Waals surface area contributed by atoms with Crippen molar-refractivity contribution in [1.29, 1.82) is 0 Å². The van der Waals surface area contributed by atoms with E-state index < -0.39 is 47.7 Å². The number of fused-ring (bicyclic) bond motifs is 1. The maximum absolute atomic E-state index is 14.8. The predicted molar refractivity (Wildman–Crippen MR) is 282 cm³/mol. The fourth-order valence-electron chi connectivity index (χ4n) is 9.34. The summed E-state index contributed by atoms with van der Waals surface area (Å²) < 4.78 is 16.6. The van der Waals surface area contributed by atoms with Gasteiger partial charge in [0.05, 0.1) is 34.0 Å². The van der Waals surface area contributed by atoms with Crippen molar-refractivity contribution in [3.05, 3.63) is 108 Å². The highest BCUT2D eigenvalue weighted by molar-refractivity contribution is 5.98. The average Bonchev–Trinajstić information content (AvgIpc) is 3.81. The Labute approximate surface area is 425 Å². The van der Waals surface area contributed by atoms with E-state index in [0.29, 0.717) is 68.2 Å². The maximum Gasteiger partial charge on any atom is 0.243 e. The van der Waals surface area contributed by atoms with Crippen molar-refractivity contribution in [1.82, 2.24) is 26.3 Å². The number of para-hydroxylation sites is 1. The van der Waals surface area contributed by atoms with Gasteiger partial charge in [0.25, 0.3) is 0 Å². The summed E-state index contributed by atoms with van der Waals surface area (Å²) in [5, 5.41) is 15.2. The summed E-state index contributed by atoms with van der Waals surface area (Å²) in [6, 6.07) is 24.5. The fourth-order valence-corrected chi connectivity index (χ4v) is 9.34. The number of anilines is 2. The molecular weight excluding hydrogens is 931 g/mol. The number of aromatic amines is 1. The van der Waals surface area contributed by atoms with E-state index in [1.165, 1.54) is 0 Å². The molecule has 5 aromatic rings. The number of carbonyl (C=O) groups is 5. The fraction of sp³-hybridized carbons (Fsp3) is 0.407. The molecule has 2 fully saturated rings. The first-order valence-electron chi connectivity index (χ1n) is 25.0. The van der Waals surface area contributed by atoms with Gasteiger partial charge in [-0.15, -0.1) is 0 Å². The molecule has 7 rings (SSSR count). The molecule has 4 aromatic carbocycles. The van der Waals surface area contributed by atoms with Crippen molar-refractivity contribution < 1.29 is 38.2 Å². The minimum Gasteiger partial charge on any atom is -0.497 e. The van der Waals surface area contributed by atoms with Gasteiger partial charge in [0.2, 0.25) is 29.5 Å². The number of nitrogens with two attached hydrogens (primary N) is 3. The van der Waals surface area contributed by atoms with Gasteiger partial charge in [0.15, 0.2) is 5.96 Å². The van der Waals surface area contributed by atoms with Crippen LogP contribution in [0.15, 0.2) is 102 Å². The second-order valence-electron chi connectivity index (χ2n) is 18.6. The van der Waals surface area contributed by atoms with E-state index in [0.717, 1.165) is 59.2 Å². The van der Waals surface area contributed by atoms with Crippen LogP contribution in [0.25, 0.3) is 22.0 Å². The summed E-state index contributed by atoms with van der Waals surface area (Å²) in [6.07, 6.45) is 5.67. The van der Waals surface area contributed by atoms with Crippen LogP contribution in [0.2, 0.25) is 0 Å². The van der Waals surface area contributed by atoms with Crippen LogP contribution in [-0.4, -0.2) is 118 Å². The lowest BCUT2D eigenvalue weighted by molar-refractivity contribution is -0.134. The van der Waals surface area contributed by atoms with Crippen LogP contribution in [0, 0.1) is 5.92 Å². The van der Waals surface area contributed by atoms with Gasteiger partial charge in [-0.3, -0.25) is 29.0 Å². The lowest BCUT2D eigenvalue weighted by Gasteiger charge is -2.29. The molecule has 1 saturated heterocycles. The Morgan fingerprint density at radius 2 is 1.53 bits per heavy atom. The number of methoxy groups -OCH3 is 2. The number of aliphatic imine (C=N–C) groups is 1. The lowest BCUT2D eigenvalue weighted by Crippen LogP contribution is -2.58. The van der Waals surface area contributed by atoms with Gasteiger partial charge >= 0.3 is 0 Å². The molecule has 1 unspecified atom stereocenters. The quantitative estimate of drug-likeness (QED) is 0.0258. The summed E-state index contributed by atoms with van der Waals surface area (Å²) >= 11 is 0. The molecule has 0 bridgehead atoms. The number of aromatic nitrogens is 1. The molecule has 19 heteroatoms. The van der Waals surface area contributed by atoms with Gasteiger partial charge in [-0.2, -0.15) is 0 Å². The summed E-state index contributed by atoms with van der Waals surface area (Å²) in [7, 11) is 3.18. The highest BCUT2D eigenvalue weighted by Crippen LogP contribution is 2.30. The van der Waals surface area contributed by atoms with E-state index in [1.54, 1.807) is 32.5 Å². The molecule has 1 saturated carbocycles. The standard InChI is InChI=1S/C54H69N11O8/c1-71-41-21-22-44-43(31-41)37(32-59-44)30-47(63-50(67)36-8-7-9-38(55)29-36)53(70)64-46(28-34-13-15-35(16-14-34)42-10-3-4-12-48(42)72-2)52(69)62-45(11-5-6-23-58-54(56)57)51(68)60-33-49(66)61-39-17-19-40(20-18-39)65-24-26-73-27-25-65/h3-4,10,12-22,31-32,36,38,45-47,59H,5-9,11,23-30,33,55H2,1-2H3,(H,60,68)(H,61,66)(H,62,69)(H,63,67)(H,64,70)(H4,56,57,58)/t36-,38-,45-,46?,47-/m0/s1. The Hall–Kier alpha value is -7.64. The number of ether oxygens (including phenoxy) is 3. The van der Waals surface area contributed by atoms with E-state index in [-0.39, 0.29) is 43.7 Å². The third-order valence-corrected chi connectivity index (χ3v) is 13.3. The van der Waals surface area contributed by atoms with Gasteiger partial charge in [0.1, 0.15) is 29.6 Å². The van der Waals surface area contributed by atoms with Crippen LogP contribution in [-0.2, 0) is 41.6 Å². The molecule has 2 heterocycles. The Morgan fingerprint density at radius 3 is 2.25 bits per heavy atom. The summed E-state index contributed by atoms with van der Waals surface area (Å²) in [6.45, 7) is 2.74. The summed E-state index contributed by atoms with van der Waals surface area (Å²) in [5.74, 6) is -1.79.